The fraction of sp³-hybridized carbons (Fsp3) is 0.467. The molecule has 1 aliphatic rings. The second-order valence-electron chi connectivity index (χ2n) is 6.05. The van der Waals surface area contributed by atoms with Crippen LogP contribution in [0.1, 0.15) is 32.6 Å². The third kappa shape index (κ3) is 2.79. The Kier molecular flexibility index (Phi) is 3.45. The number of aromatic nitrogens is 2. The molecule has 1 N–H and O–H groups in total. The van der Waals surface area contributed by atoms with Crippen LogP contribution in [0.5, 0.6) is 0 Å². The van der Waals surface area contributed by atoms with Crippen LogP contribution in [0.3, 0.4) is 0 Å². The topological polar surface area (TPSA) is 81.0 Å². The smallest absolute Gasteiger partial charge is 0.270 e. The number of hydrogen-bond acceptors (Lipinski definition) is 5. The zero-order chi connectivity index (χ0) is 14.9. The summed E-state index contributed by atoms with van der Waals surface area (Å²) in [6.07, 6.45) is 6.46. The molecule has 0 spiro atoms. The van der Waals surface area contributed by atoms with E-state index in [0.29, 0.717) is 11.2 Å². The van der Waals surface area contributed by atoms with Crippen molar-refractivity contribution in [1.82, 2.24) is 9.97 Å². The van der Waals surface area contributed by atoms with Crippen LogP contribution in [0, 0.1) is 15.5 Å². The number of benzene rings is 1. The first-order chi connectivity index (χ1) is 10.1. The summed E-state index contributed by atoms with van der Waals surface area (Å²) in [4.78, 5) is 18.9. The highest BCUT2D eigenvalue weighted by Crippen LogP contribution is 2.37. The van der Waals surface area contributed by atoms with Crippen molar-refractivity contribution in [2.45, 2.75) is 32.6 Å². The van der Waals surface area contributed by atoms with Gasteiger partial charge in [0.15, 0.2) is 0 Å². The van der Waals surface area contributed by atoms with Gasteiger partial charge in [-0.2, -0.15) is 0 Å². The Labute approximate surface area is 122 Å². The predicted molar refractivity (Wildman–Crippen MR) is 81.3 cm³/mol. The van der Waals surface area contributed by atoms with Crippen molar-refractivity contribution in [1.29, 1.82) is 0 Å². The molecule has 0 amide bonds. The average molecular weight is 286 g/mol. The molecule has 1 aromatic carbocycles. The van der Waals surface area contributed by atoms with E-state index in [-0.39, 0.29) is 11.1 Å². The molecule has 21 heavy (non-hydrogen) atoms. The summed E-state index contributed by atoms with van der Waals surface area (Å²) >= 11 is 0. The molecule has 0 radical (unpaired) electrons. The Balaban J connectivity index is 1.90. The van der Waals surface area contributed by atoms with Gasteiger partial charge in [0, 0.05) is 24.1 Å². The molecule has 3 rings (SSSR count). The summed E-state index contributed by atoms with van der Waals surface area (Å²) in [6.45, 7) is 3.11. The number of fused-ring (bicyclic) bond motifs is 1. The molecule has 1 fully saturated rings. The second kappa shape index (κ2) is 5.27. The van der Waals surface area contributed by atoms with Crippen molar-refractivity contribution >= 4 is 22.4 Å². The van der Waals surface area contributed by atoms with Crippen molar-refractivity contribution in [3.8, 4) is 0 Å². The van der Waals surface area contributed by atoms with Gasteiger partial charge >= 0.3 is 0 Å². The van der Waals surface area contributed by atoms with Gasteiger partial charge in [-0.05, 0) is 24.3 Å². The van der Waals surface area contributed by atoms with Gasteiger partial charge < -0.3 is 5.32 Å². The molecule has 110 valence electrons. The Morgan fingerprint density at radius 1 is 1.33 bits per heavy atom. The van der Waals surface area contributed by atoms with E-state index in [9.17, 15) is 10.1 Å². The highest BCUT2D eigenvalue weighted by atomic mass is 16.6. The fourth-order valence-corrected chi connectivity index (χ4v) is 3.00. The Bertz CT molecular complexity index is 680. The van der Waals surface area contributed by atoms with E-state index in [4.69, 9.17) is 0 Å². The lowest BCUT2D eigenvalue weighted by atomic mass is 9.89. The molecule has 2 aromatic rings. The molecule has 1 heterocycles. The van der Waals surface area contributed by atoms with Crippen LogP contribution in [-0.2, 0) is 0 Å². The molecule has 6 heteroatoms. The molecular formula is C15H18N4O2. The lowest BCUT2D eigenvalue weighted by molar-refractivity contribution is -0.384. The number of nitro benzene ring substituents is 1. The molecule has 0 bridgehead atoms. The third-order valence-electron chi connectivity index (χ3n) is 4.32. The Morgan fingerprint density at radius 2 is 2.10 bits per heavy atom. The number of nitrogens with one attached hydrogen (secondary N) is 1. The summed E-state index contributed by atoms with van der Waals surface area (Å²) < 4.78 is 0. The van der Waals surface area contributed by atoms with Crippen LogP contribution in [0.4, 0.5) is 11.5 Å². The number of hydrogen-bond donors (Lipinski definition) is 1. The first kappa shape index (κ1) is 13.7. The quantitative estimate of drug-likeness (QED) is 0.687. The monoisotopic (exact) mass is 286 g/mol. The van der Waals surface area contributed by atoms with E-state index >= 15 is 0 Å². The Hall–Kier alpha value is -2.24. The van der Waals surface area contributed by atoms with E-state index in [2.05, 4.69) is 22.2 Å². The highest BCUT2D eigenvalue weighted by Gasteiger charge is 2.28. The fourth-order valence-electron chi connectivity index (χ4n) is 3.00. The zero-order valence-electron chi connectivity index (χ0n) is 12.0. The van der Waals surface area contributed by atoms with Gasteiger partial charge in [-0.3, -0.25) is 10.1 Å². The number of nitrogens with zero attached hydrogens (tertiary/aromatic N) is 3. The van der Waals surface area contributed by atoms with Crippen LogP contribution < -0.4 is 5.32 Å². The van der Waals surface area contributed by atoms with Gasteiger partial charge in [-0.1, -0.05) is 19.8 Å². The summed E-state index contributed by atoms with van der Waals surface area (Å²) in [6, 6.07) is 4.67. The average Bonchev–Trinajstić information content (AvgIpc) is 2.91. The standard InChI is InChI=1S/C15H18N4O2/c1-15(6-2-3-7-15)9-16-14-12-8-11(19(20)21)4-5-13(12)17-10-18-14/h4-5,8,10H,2-3,6-7,9H2,1H3,(H,16,17,18). The van der Waals surface area contributed by atoms with Crippen molar-refractivity contribution in [2.75, 3.05) is 11.9 Å². The Morgan fingerprint density at radius 3 is 2.81 bits per heavy atom. The summed E-state index contributed by atoms with van der Waals surface area (Å²) in [5.41, 5.74) is 1.07. The van der Waals surface area contributed by atoms with Crippen molar-refractivity contribution in [3.05, 3.63) is 34.6 Å². The van der Waals surface area contributed by atoms with Crippen molar-refractivity contribution in [3.63, 3.8) is 0 Å². The number of anilines is 1. The molecule has 0 atom stereocenters. The summed E-state index contributed by atoms with van der Waals surface area (Å²) in [5.74, 6) is 0.678. The molecule has 0 saturated heterocycles. The summed E-state index contributed by atoms with van der Waals surface area (Å²) in [5, 5.41) is 15.0. The number of nitro groups is 1. The highest BCUT2D eigenvalue weighted by molar-refractivity contribution is 5.90. The lowest BCUT2D eigenvalue weighted by Crippen LogP contribution is -2.23. The van der Waals surface area contributed by atoms with Gasteiger partial charge in [0.1, 0.15) is 12.1 Å². The maximum absolute atomic E-state index is 10.9. The maximum Gasteiger partial charge on any atom is 0.270 e. The van der Waals surface area contributed by atoms with E-state index in [0.717, 1.165) is 12.1 Å². The molecule has 6 nitrogen and oxygen atoms in total. The van der Waals surface area contributed by atoms with E-state index in [1.54, 1.807) is 6.07 Å². The zero-order valence-corrected chi connectivity index (χ0v) is 12.0. The minimum atomic E-state index is -0.394. The molecular weight excluding hydrogens is 268 g/mol. The van der Waals surface area contributed by atoms with Crippen molar-refractivity contribution in [2.24, 2.45) is 5.41 Å². The molecule has 0 aliphatic heterocycles. The molecule has 1 aliphatic carbocycles. The van der Waals surface area contributed by atoms with Crippen LogP contribution >= 0.6 is 0 Å². The normalized spacial score (nSPS) is 17.0. The maximum atomic E-state index is 10.9. The van der Waals surface area contributed by atoms with Crippen molar-refractivity contribution < 1.29 is 4.92 Å². The first-order valence-electron chi connectivity index (χ1n) is 7.20. The number of rotatable bonds is 4. The molecule has 1 saturated carbocycles. The first-order valence-corrected chi connectivity index (χ1v) is 7.20. The second-order valence-corrected chi connectivity index (χ2v) is 6.05. The van der Waals surface area contributed by atoms with Gasteiger partial charge in [-0.15, -0.1) is 0 Å². The third-order valence-corrected chi connectivity index (χ3v) is 4.32. The van der Waals surface area contributed by atoms with Gasteiger partial charge in [0.05, 0.1) is 10.4 Å². The lowest BCUT2D eigenvalue weighted by Gasteiger charge is -2.24. The van der Waals surface area contributed by atoms with Gasteiger partial charge in [-0.25, -0.2) is 9.97 Å². The van der Waals surface area contributed by atoms with E-state index < -0.39 is 4.92 Å². The van der Waals surface area contributed by atoms with Crippen LogP contribution in [0.2, 0.25) is 0 Å². The minimum absolute atomic E-state index is 0.0624. The SMILES string of the molecule is CC1(CNc2ncnc3ccc([N+](=O)[O-])cc23)CCCC1. The minimum Gasteiger partial charge on any atom is -0.369 e. The predicted octanol–water partition coefficient (Wildman–Crippen LogP) is 3.53. The summed E-state index contributed by atoms with van der Waals surface area (Å²) in [7, 11) is 0. The van der Waals surface area contributed by atoms with E-state index in [1.165, 1.54) is 44.1 Å². The van der Waals surface area contributed by atoms with Crippen LogP contribution in [-0.4, -0.2) is 21.4 Å². The van der Waals surface area contributed by atoms with Gasteiger partial charge in [0.2, 0.25) is 0 Å². The molecule has 0 unspecified atom stereocenters. The molecule has 1 aromatic heterocycles. The van der Waals surface area contributed by atoms with Crippen LogP contribution in [0.25, 0.3) is 10.9 Å². The van der Waals surface area contributed by atoms with E-state index in [1.807, 2.05) is 0 Å². The van der Waals surface area contributed by atoms with Gasteiger partial charge in [0.25, 0.3) is 5.69 Å². The number of non-ortho nitro benzene ring substituents is 1. The van der Waals surface area contributed by atoms with Crippen LogP contribution in [0.15, 0.2) is 24.5 Å². The largest absolute Gasteiger partial charge is 0.369 e.